The highest BCUT2D eigenvalue weighted by Crippen LogP contribution is 2.17. The molecule has 2 N–H and O–H groups in total. The van der Waals surface area contributed by atoms with Crippen LogP contribution in [0.4, 0.5) is 9.18 Å². The van der Waals surface area contributed by atoms with Crippen LogP contribution in [0.15, 0.2) is 28.8 Å². The highest BCUT2D eigenvalue weighted by Gasteiger charge is 2.15. The molecular formula is C18H24FN3O3. The summed E-state index contributed by atoms with van der Waals surface area (Å²) in [5.41, 5.74) is 1.84. The zero-order valence-corrected chi connectivity index (χ0v) is 14.9. The van der Waals surface area contributed by atoms with Crippen LogP contribution < -0.4 is 15.4 Å². The van der Waals surface area contributed by atoms with Crippen molar-refractivity contribution in [1.82, 2.24) is 15.8 Å². The SMILES string of the molecule is Cc1noc(C)c1C[C@H](C)NC(=O)NC[C@@H](C)Oc1ccccc1F. The number of aromatic nitrogens is 1. The molecule has 0 saturated heterocycles. The molecule has 2 aromatic rings. The number of aryl methyl sites for hydroxylation is 2. The fourth-order valence-corrected chi connectivity index (χ4v) is 2.46. The lowest BCUT2D eigenvalue weighted by Gasteiger charge is -2.18. The molecule has 1 heterocycles. The summed E-state index contributed by atoms with van der Waals surface area (Å²) < 4.78 is 24.1. The molecule has 2 atom stereocenters. The lowest BCUT2D eigenvalue weighted by molar-refractivity contribution is 0.200. The molecule has 0 aliphatic rings. The van der Waals surface area contributed by atoms with Crippen molar-refractivity contribution in [3.8, 4) is 5.75 Å². The van der Waals surface area contributed by atoms with Crippen LogP contribution in [0.2, 0.25) is 0 Å². The number of amides is 2. The summed E-state index contributed by atoms with van der Waals surface area (Å²) in [6.45, 7) is 7.66. The zero-order chi connectivity index (χ0) is 18.4. The van der Waals surface area contributed by atoms with Gasteiger partial charge in [-0.05, 0) is 46.2 Å². The van der Waals surface area contributed by atoms with Gasteiger partial charge in [0.15, 0.2) is 11.6 Å². The summed E-state index contributed by atoms with van der Waals surface area (Å²) in [6, 6.07) is 5.79. The van der Waals surface area contributed by atoms with E-state index in [0.29, 0.717) is 6.42 Å². The van der Waals surface area contributed by atoms with Gasteiger partial charge >= 0.3 is 6.03 Å². The Morgan fingerprint density at radius 2 is 2.04 bits per heavy atom. The first-order valence-electron chi connectivity index (χ1n) is 8.24. The molecule has 136 valence electrons. The highest BCUT2D eigenvalue weighted by molar-refractivity contribution is 5.74. The number of nitrogens with one attached hydrogen (secondary N) is 2. The second-order valence-electron chi connectivity index (χ2n) is 6.12. The summed E-state index contributed by atoms with van der Waals surface area (Å²) in [4.78, 5) is 12.0. The number of ether oxygens (including phenoxy) is 1. The Morgan fingerprint density at radius 3 is 2.68 bits per heavy atom. The van der Waals surface area contributed by atoms with Gasteiger partial charge in [0.2, 0.25) is 0 Å². The first-order chi connectivity index (χ1) is 11.9. The van der Waals surface area contributed by atoms with E-state index < -0.39 is 5.82 Å². The largest absolute Gasteiger partial charge is 0.486 e. The minimum absolute atomic E-state index is 0.0837. The Bertz CT molecular complexity index is 698. The molecule has 6 nitrogen and oxygen atoms in total. The van der Waals surface area contributed by atoms with Crippen molar-refractivity contribution in [3.63, 3.8) is 0 Å². The van der Waals surface area contributed by atoms with E-state index in [1.807, 2.05) is 20.8 Å². The molecule has 0 unspecified atom stereocenters. The van der Waals surface area contributed by atoms with Crippen molar-refractivity contribution in [2.45, 2.75) is 46.3 Å². The molecule has 7 heteroatoms. The van der Waals surface area contributed by atoms with Gasteiger partial charge in [0.05, 0.1) is 12.2 Å². The molecule has 0 aliphatic carbocycles. The zero-order valence-electron chi connectivity index (χ0n) is 14.9. The fraction of sp³-hybridized carbons (Fsp3) is 0.444. The van der Waals surface area contributed by atoms with Gasteiger partial charge in [-0.15, -0.1) is 0 Å². The van der Waals surface area contributed by atoms with E-state index in [1.165, 1.54) is 6.07 Å². The molecular weight excluding hydrogens is 325 g/mol. The Kier molecular flexibility index (Phi) is 6.38. The van der Waals surface area contributed by atoms with Gasteiger partial charge < -0.3 is 19.9 Å². The van der Waals surface area contributed by atoms with Gasteiger partial charge in [-0.2, -0.15) is 0 Å². The minimum atomic E-state index is -0.424. The summed E-state index contributed by atoms with van der Waals surface area (Å²) in [5.74, 6) is 0.509. The normalized spacial score (nSPS) is 13.2. The predicted molar refractivity (Wildman–Crippen MR) is 92.2 cm³/mol. The van der Waals surface area contributed by atoms with E-state index in [0.717, 1.165) is 17.0 Å². The van der Waals surface area contributed by atoms with Crippen LogP contribution in [0.25, 0.3) is 0 Å². The summed E-state index contributed by atoms with van der Waals surface area (Å²) in [7, 11) is 0. The molecule has 0 radical (unpaired) electrons. The predicted octanol–water partition coefficient (Wildman–Crippen LogP) is 3.13. The van der Waals surface area contributed by atoms with E-state index in [2.05, 4.69) is 15.8 Å². The lowest BCUT2D eigenvalue weighted by atomic mass is 10.1. The monoisotopic (exact) mass is 349 g/mol. The molecule has 0 fully saturated rings. The Morgan fingerprint density at radius 1 is 1.32 bits per heavy atom. The van der Waals surface area contributed by atoms with Gasteiger partial charge in [-0.1, -0.05) is 17.3 Å². The van der Waals surface area contributed by atoms with E-state index in [-0.39, 0.29) is 30.5 Å². The van der Waals surface area contributed by atoms with E-state index >= 15 is 0 Å². The highest BCUT2D eigenvalue weighted by atomic mass is 19.1. The second-order valence-corrected chi connectivity index (χ2v) is 6.12. The molecule has 0 aliphatic heterocycles. The first-order valence-corrected chi connectivity index (χ1v) is 8.24. The van der Waals surface area contributed by atoms with Gasteiger partial charge in [-0.3, -0.25) is 0 Å². The van der Waals surface area contributed by atoms with Crippen LogP contribution >= 0.6 is 0 Å². The number of urea groups is 1. The quantitative estimate of drug-likeness (QED) is 0.805. The van der Waals surface area contributed by atoms with Crippen LogP contribution in [0.3, 0.4) is 0 Å². The molecule has 1 aromatic carbocycles. The molecule has 0 spiro atoms. The number of halogens is 1. The van der Waals surface area contributed by atoms with Gasteiger partial charge in [0, 0.05) is 11.6 Å². The molecule has 1 aromatic heterocycles. The van der Waals surface area contributed by atoms with Crippen molar-refractivity contribution in [2.75, 3.05) is 6.54 Å². The van der Waals surface area contributed by atoms with Crippen LogP contribution in [-0.4, -0.2) is 29.9 Å². The Labute approximate surface area is 146 Å². The number of nitrogens with zero attached hydrogens (tertiary/aromatic N) is 1. The minimum Gasteiger partial charge on any atom is -0.486 e. The number of hydrogen-bond acceptors (Lipinski definition) is 4. The summed E-state index contributed by atoms with van der Waals surface area (Å²) in [5, 5.41) is 9.48. The van der Waals surface area contributed by atoms with Crippen molar-refractivity contribution in [3.05, 3.63) is 47.1 Å². The third-order valence-electron chi connectivity index (χ3n) is 3.78. The fourth-order valence-electron chi connectivity index (χ4n) is 2.46. The van der Waals surface area contributed by atoms with E-state index in [4.69, 9.17) is 9.26 Å². The van der Waals surface area contributed by atoms with Crippen LogP contribution in [0, 0.1) is 19.7 Å². The van der Waals surface area contributed by atoms with Crippen LogP contribution in [0.5, 0.6) is 5.75 Å². The van der Waals surface area contributed by atoms with Crippen molar-refractivity contribution in [1.29, 1.82) is 0 Å². The van der Waals surface area contributed by atoms with Crippen molar-refractivity contribution >= 4 is 6.03 Å². The maximum absolute atomic E-state index is 13.5. The molecule has 2 rings (SSSR count). The van der Waals surface area contributed by atoms with E-state index in [1.54, 1.807) is 25.1 Å². The number of carbonyl (C=O) groups excluding carboxylic acids is 1. The maximum Gasteiger partial charge on any atom is 0.315 e. The molecule has 0 saturated carbocycles. The topological polar surface area (TPSA) is 76.4 Å². The average Bonchev–Trinajstić information content (AvgIpc) is 2.87. The lowest BCUT2D eigenvalue weighted by Crippen LogP contribution is -2.44. The number of benzene rings is 1. The van der Waals surface area contributed by atoms with Gasteiger partial charge in [0.1, 0.15) is 11.9 Å². The maximum atomic E-state index is 13.5. The third-order valence-corrected chi connectivity index (χ3v) is 3.78. The second kappa shape index (κ2) is 8.50. The number of carbonyl (C=O) groups is 1. The molecule has 0 bridgehead atoms. The van der Waals surface area contributed by atoms with Gasteiger partial charge in [0.25, 0.3) is 0 Å². The standard InChI is InChI=1S/C18H24FN3O3/c1-11(9-15-13(3)22-25-14(15)4)21-18(23)20-10-12(2)24-17-8-6-5-7-16(17)19/h5-8,11-12H,9-10H2,1-4H3,(H2,20,21,23)/t11-,12+/m0/s1. The van der Waals surface area contributed by atoms with Gasteiger partial charge in [-0.25, -0.2) is 9.18 Å². The van der Waals surface area contributed by atoms with Crippen LogP contribution in [-0.2, 0) is 6.42 Å². The number of para-hydroxylation sites is 1. The smallest absolute Gasteiger partial charge is 0.315 e. The Hall–Kier alpha value is -2.57. The summed E-state index contributed by atoms with van der Waals surface area (Å²) >= 11 is 0. The third kappa shape index (κ3) is 5.48. The number of hydrogen-bond donors (Lipinski definition) is 2. The molecule has 2 amide bonds. The first kappa shape index (κ1) is 18.8. The summed E-state index contributed by atoms with van der Waals surface area (Å²) in [6.07, 6.45) is 0.274. The molecule has 25 heavy (non-hydrogen) atoms. The Balaban J connectivity index is 1.75. The average molecular weight is 349 g/mol. The van der Waals surface area contributed by atoms with E-state index in [9.17, 15) is 9.18 Å². The van der Waals surface area contributed by atoms with Crippen LogP contribution in [0.1, 0.15) is 30.9 Å². The number of rotatable bonds is 7. The van der Waals surface area contributed by atoms with Crippen molar-refractivity contribution in [2.24, 2.45) is 0 Å². The van der Waals surface area contributed by atoms with Crippen molar-refractivity contribution < 1.29 is 18.4 Å².